The summed E-state index contributed by atoms with van der Waals surface area (Å²) in [5.74, 6) is -1.98. The van der Waals surface area contributed by atoms with Gasteiger partial charge in [-0.15, -0.1) is 11.3 Å². The number of thiophene rings is 1. The molecule has 0 bridgehead atoms. The molecule has 0 unspecified atom stereocenters. The monoisotopic (exact) mass is 477 g/mol. The van der Waals surface area contributed by atoms with E-state index in [4.69, 9.17) is 21.1 Å². The number of carbonyl (C=O) groups is 3. The first kappa shape index (κ1) is 24.7. The van der Waals surface area contributed by atoms with Crippen LogP contribution in [0.2, 0.25) is 5.02 Å². The molecule has 1 N–H and O–H groups in total. The van der Waals surface area contributed by atoms with Crippen LogP contribution in [0.1, 0.15) is 63.7 Å². The summed E-state index contributed by atoms with van der Waals surface area (Å²) in [6.07, 6.45) is -2.30. The van der Waals surface area contributed by atoms with Gasteiger partial charge in [0, 0.05) is 0 Å². The Morgan fingerprint density at radius 1 is 1.19 bits per heavy atom. The highest BCUT2D eigenvalue weighted by atomic mass is 35.5. The minimum Gasteiger partial charge on any atom is -0.462 e. The first-order chi connectivity index (χ1) is 14.6. The summed E-state index contributed by atoms with van der Waals surface area (Å²) in [6, 6.07) is 0. The van der Waals surface area contributed by atoms with Gasteiger partial charge in [0.05, 0.1) is 29.5 Å². The van der Waals surface area contributed by atoms with Crippen molar-refractivity contribution < 1.29 is 32.6 Å². The van der Waals surface area contributed by atoms with E-state index < -0.39 is 36.5 Å². The zero-order chi connectivity index (χ0) is 23.3. The number of nitrogens with zero attached hydrogens (tertiary/aromatic N) is 2. The van der Waals surface area contributed by atoms with Crippen molar-refractivity contribution in [2.75, 3.05) is 18.5 Å². The van der Waals surface area contributed by atoms with Crippen LogP contribution in [0.4, 0.5) is 13.8 Å². The number of halogens is 3. The van der Waals surface area contributed by atoms with Crippen LogP contribution in [0, 0.1) is 13.8 Å². The average Bonchev–Trinajstić information content (AvgIpc) is 3.17. The van der Waals surface area contributed by atoms with Gasteiger partial charge >= 0.3 is 11.9 Å². The first-order valence-electron chi connectivity index (χ1n) is 9.40. The summed E-state index contributed by atoms with van der Waals surface area (Å²) < 4.78 is 37.2. The zero-order valence-corrected chi connectivity index (χ0v) is 19.0. The van der Waals surface area contributed by atoms with Crippen molar-refractivity contribution in [3.05, 3.63) is 32.4 Å². The van der Waals surface area contributed by atoms with Gasteiger partial charge < -0.3 is 14.8 Å². The molecule has 0 aliphatic rings. The van der Waals surface area contributed by atoms with Crippen molar-refractivity contribution in [1.29, 1.82) is 0 Å². The molecule has 2 heterocycles. The topological polar surface area (TPSA) is 99.5 Å². The minimum atomic E-state index is -2.89. The van der Waals surface area contributed by atoms with E-state index in [1.807, 2.05) is 6.92 Å². The molecule has 170 valence electrons. The van der Waals surface area contributed by atoms with Crippen LogP contribution in [0.5, 0.6) is 0 Å². The van der Waals surface area contributed by atoms with E-state index in [-0.39, 0.29) is 39.4 Å². The van der Waals surface area contributed by atoms with E-state index >= 15 is 0 Å². The average molecular weight is 478 g/mol. The molecule has 0 aromatic carbocycles. The summed E-state index contributed by atoms with van der Waals surface area (Å²) in [4.78, 5) is 37.5. The van der Waals surface area contributed by atoms with Crippen LogP contribution < -0.4 is 5.32 Å². The highest BCUT2D eigenvalue weighted by Gasteiger charge is 2.28. The third kappa shape index (κ3) is 5.59. The Hall–Kier alpha value is -2.53. The Morgan fingerprint density at radius 3 is 2.42 bits per heavy atom. The second kappa shape index (κ2) is 10.7. The first-order valence-corrected chi connectivity index (χ1v) is 10.6. The Bertz CT molecular complexity index is 990. The van der Waals surface area contributed by atoms with Gasteiger partial charge in [-0.05, 0) is 32.8 Å². The second-order valence-electron chi connectivity index (χ2n) is 6.41. The maximum atomic E-state index is 13.0. The number of nitrogens with one attached hydrogen (secondary N) is 1. The van der Waals surface area contributed by atoms with Crippen molar-refractivity contribution in [3.63, 3.8) is 0 Å². The van der Waals surface area contributed by atoms with Crippen molar-refractivity contribution >= 4 is 45.8 Å². The van der Waals surface area contributed by atoms with E-state index in [9.17, 15) is 23.2 Å². The second-order valence-corrected chi connectivity index (χ2v) is 7.81. The summed E-state index contributed by atoms with van der Waals surface area (Å²) in [6.45, 7) is 6.35. The molecule has 0 aliphatic heterocycles. The molecule has 0 saturated carbocycles. The number of amides is 1. The molecule has 0 aliphatic carbocycles. The van der Waals surface area contributed by atoms with Crippen LogP contribution in [-0.2, 0) is 20.8 Å². The number of rotatable bonds is 9. The number of carbonyl (C=O) groups excluding carboxylic acids is 3. The largest absolute Gasteiger partial charge is 0.462 e. The molecule has 2 rings (SSSR count). The smallest absolute Gasteiger partial charge is 0.348 e. The Morgan fingerprint density at radius 2 is 1.87 bits per heavy atom. The number of alkyl halides is 2. The number of aromatic nitrogens is 2. The van der Waals surface area contributed by atoms with E-state index in [1.165, 1.54) is 6.92 Å². The molecule has 31 heavy (non-hydrogen) atoms. The Kier molecular flexibility index (Phi) is 8.52. The maximum Gasteiger partial charge on any atom is 0.348 e. The van der Waals surface area contributed by atoms with E-state index in [1.54, 1.807) is 13.8 Å². The fraction of sp³-hybridized carbons (Fsp3) is 0.474. The van der Waals surface area contributed by atoms with E-state index in [2.05, 4.69) is 10.4 Å². The lowest BCUT2D eigenvalue weighted by atomic mass is 10.1. The molecule has 0 saturated heterocycles. The standard InChI is InChI=1S/C19H22ClF2N3O5S/c1-5-7-30-18(27)12-9(3)15(19(28)29-6-2)31-17(12)23-11(26)8-25-10(4)13(20)14(24-25)16(21)22/h16H,5-8H2,1-4H3,(H,23,26). The molecule has 2 aromatic rings. The molecule has 0 spiro atoms. The molecule has 0 atom stereocenters. The summed E-state index contributed by atoms with van der Waals surface area (Å²) >= 11 is 6.72. The third-order valence-electron chi connectivity index (χ3n) is 4.16. The van der Waals surface area contributed by atoms with Gasteiger partial charge in [0.1, 0.15) is 22.1 Å². The highest BCUT2D eigenvalue weighted by Crippen LogP contribution is 2.34. The van der Waals surface area contributed by atoms with Crippen LogP contribution >= 0.6 is 22.9 Å². The fourth-order valence-electron chi connectivity index (χ4n) is 2.65. The molecule has 1 amide bonds. The van der Waals surface area contributed by atoms with Crippen molar-refractivity contribution in [2.45, 2.75) is 47.1 Å². The lowest BCUT2D eigenvalue weighted by Gasteiger charge is -2.08. The molecule has 0 radical (unpaired) electrons. The molecular formula is C19H22ClF2N3O5S. The SMILES string of the molecule is CCCOC(=O)c1c(NC(=O)Cn2nc(C(F)F)c(Cl)c2C)sc(C(=O)OCC)c1C. The van der Waals surface area contributed by atoms with Gasteiger partial charge in [0.25, 0.3) is 6.43 Å². The molecule has 8 nitrogen and oxygen atoms in total. The maximum absolute atomic E-state index is 13.0. The van der Waals surface area contributed by atoms with Gasteiger partial charge in [-0.3, -0.25) is 9.48 Å². The summed E-state index contributed by atoms with van der Waals surface area (Å²) in [7, 11) is 0. The van der Waals surface area contributed by atoms with Crippen LogP contribution in [-0.4, -0.2) is 40.8 Å². The number of ether oxygens (including phenoxy) is 2. The third-order valence-corrected chi connectivity index (χ3v) is 5.81. The number of hydrogen-bond donors (Lipinski definition) is 1. The van der Waals surface area contributed by atoms with Crippen molar-refractivity contribution in [2.24, 2.45) is 0 Å². The molecule has 12 heteroatoms. The van der Waals surface area contributed by atoms with Crippen LogP contribution in [0.3, 0.4) is 0 Å². The fourth-order valence-corrected chi connectivity index (χ4v) is 3.97. The number of anilines is 1. The van der Waals surface area contributed by atoms with Crippen LogP contribution in [0.25, 0.3) is 0 Å². The van der Waals surface area contributed by atoms with Gasteiger partial charge in [-0.25, -0.2) is 18.4 Å². The molecule has 2 aromatic heterocycles. The van der Waals surface area contributed by atoms with E-state index in [0.717, 1.165) is 16.0 Å². The summed E-state index contributed by atoms with van der Waals surface area (Å²) in [5.41, 5.74) is -0.0619. The molecular weight excluding hydrogens is 456 g/mol. The van der Waals surface area contributed by atoms with E-state index in [0.29, 0.717) is 12.0 Å². The lowest BCUT2D eigenvalue weighted by Crippen LogP contribution is -2.21. The summed E-state index contributed by atoms with van der Waals surface area (Å²) in [5, 5.41) is 6.09. The quantitative estimate of drug-likeness (QED) is 0.532. The Balaban J connectivity index is 2.33. The minimum absolute atomic E-state index is 0.0401. The van der Waals surface area contributed by atoms with Crippen molar-refractivity contribution in [1.82, 2.24) is 9.78 Å². The number of esters is 2. The Labute approximate surface area is 186 Å². The van der Waals surface area contributed by atoms with Crippen molar-refractivity contribution in [3.8, 4) is 0 Å². The van der Waals surface area contributed by atoms with Gasteiger partial charge in [-0.1, -0.05) is 18.5 Å². The predicted octanol–water partition coefficient (Wildman–Crippen LogP) is 4.53. The lowest BCUT2D eigenvalue weighted by molar-refractivity contribution is -0.116. The zero-order valence-electron chi connectivity index (χ0n) is 17.4. The van der Waals surface area contributed by atoms with Gasteiger partial charge in [-0.2, -0.15) is 5.10 Å². The van der Waals surface area contributed by atoms with Crippen LogP contribution in [0.15, 0.2) is 0 Å². The van der Waals surface area contributed by atoms with Gasteiger partial charge in [0.15, 0.2) is 0 Å². The highest BCUT2D eigenvalue weighted by molar-refractivity contribution is 7.18. The van der Waals surface area contributed by atoms with Gasteiger partial charge in [0.2, 0.25) is 5.91 Å². The normalized spacial score (nSPS) is 11.0. The molecule has 0 fully saturated rings. The number of hydrogen-bond acceptors (Lipinski definition) is 7. The predicted molar refractivity (Wildman–Crippen MR) is 111 cm³/mol.